The Hall–Kier alpha value is -0.690. The van der Waals surface area contributed by atoms with Crippen molar-refractivity contribution >= 4 is 5.91 Å². The van der Waals surface area contributed by atoms with Gasteiger partial charge >= 0.3 is 0 Å². The molecule has 0 aromatic rings. The summed E-state index contributed by atoms with van der Waals surface area (Å²) in [6, 6.07) is -0.818. The SMILES string of the molecule is CC(=O)N(C)C[C@@H]1[C@@H](O)[C@H](O)[C@@H](CO)N1C. The molecule has 0 aromatic heterocycles. The first-order valence-corrected chi connectivity index (χ1v) is 5.30. The Bertz CT molecular complexity index is 261. The van der Waals surface area contributed by atoms with E-state index in [1.165, 1.54) is 11.8 Å². The molecule has 1 fully saturated rings. The van der Waals surface area contributed by atoms with Crippen molar-refractivity contribution in [1.82, 2.24) is 9.80 Å². The third kappa shape index (κ3) is 2.35. The molecule has 6 nitrogen and oxygen atoms in total. The molecule has 1 aliphatic heterocycles. The first kappa shape index (κ1) is 13.4. The lowest BCUT2D eigenvalue weighted by Crippen LogP contribution is -2.45. The number of likely N-dealkylation sites (N-methyl/N-ethyl adjacent to an activating group) is 2. The van der Waals surface area contributed by atoms with Crippen molar-refractivity contribution in [3.8, 4) is 0 Å². The molecule has 0 aromatic carbocycles. The molecule has 0 unspecified atom stereocenters. The molecule has 16 heavy (non-hydrogen) atoms. The number of likely N-dealkylation sites (tertiary alicyclic amines) is 1. The van der Waals surface area contributed by atoms with E-state index >= 15 is 0 Å². The van der Waals surface area contributed by atoms with E-state index in [0.717, 1.165) is 0 Å². The zero-order valence-electron chi connectivity index (χ0n) is 9.87. The summed E-state index contributed by atoms with van der Waals surface area (Å²) in [7, 11) is 3.36. The maximum absolute atomic E-state index is 11.1. The molecule has 0 bridgehead atoms. The van der Waals surface area contributed by atoms with Crippen LogP contribution in [0.2, 0.25) is 0 Å². The van der Waals surface area contributed by atoms with Gasteiger partial charge in [0, 0.05) is 20.5 Å². The van der Waals surface area contributed by atoms with Crippen molar-refractivity contribution in [2.45, 2.75) is 31.2 Å². The van der Waals surface area contributed by atoms with Gasteiger partial charge in [0.05, 0.1) is 30.9 Å². The van der Waals surface area contributed by atoms with Crippen LogP contribution in [0.3, 0.4) is 0 Å². The summed E-state index contributed by atoms with van der Waals surface area (Å²) in [5, 5.41) is 28.6. The van der Waals surface area contributed by atoms with Gasteiger partial charge < -0.3 is 20.2 Å². The first-order valence-electron chi connectivity index (χ1n) is 5.30. The molecular weight excluding hydrogens is 212 g/mol. The summed E-state index contributed by atoms with van der Waals surface area (Å²) in [4.78, 5) is 14.3. The van der Waals surface area contributed by atoms with Crippen LogP contribution >= 0.6 is 0 Å². The van der Waals surface area contributed by atoms with E-state index in [4.69, 9.17) is 5.11 Å². The van der Waals surface area contributed by atoms with Gasteiger partial charge in [-0.25, -0.2) is 0 Å². The minimum atomic E-state index is -0.972. The molecule has 1 heterocycles. The van der Waals surface area contributed by atoms with Crippen LogP contribution in [0.25, 0.3) is 0 Å². The van der Waals surface area contributed by atoms with Crippen molar-refractivity contribution < 1.29 is 20.1 Å². The molecular formula is C10H20N2O4. The van der Waals surface area contributed by atoms with E-state index in [1.54, 1.807) is 19.0 Å². The lowest BCUT2D eigenvalue weighted by atomic mass is 10.1. The fourth-order valence-corrected chi connectivity index (χ4v) is 2.07. The van der Waals surface area contributed by atoms with Crippen molar-refractivity contribution in [2.24, 2.45) is 0 Å². The van der Waals surface area contributed by atoms with Crippen molar-refractivity contribution in [2.75, 3.05) is 27.2 Å². The Labute approximate surface area is 95.1 Å². The number of aliphatic hydroxyl groups is 3. The third-order valence-electron chi connectivity index (χ3n) is 3.37. The average molecular weight is 232 g/mol. The third-order valence-corrected chi connectivity index (χ3v) is 3.37. The summed E-state index contributed by atoms with van der Waals surface area (Å²) < 4.78 is 0. The van der Waals surface area contributed by atoms with Crippen molar-refractivity contribution in [1.29, 1.82) is 0 Å². The molecule has 1 rings (SSSR count). The molecule has 6 heteroatoms. The highest BCUT2D eigenvalue weighted by atomic mass is 16.3. The molecule has 4 atom stereocenters. The van der Waals surface area contributed by atoms with E-state index in [-0.39, 0.29) is 18.6 Å². The fraction of sp³-hybridized carbons (Fsp3) is 0.900. The topological polar surface area (TPSA) is 84.2 Å². The summed E-state index contributed by atoms with van der Waals surface area (Å²) >= 11 is 0. The highest BCUT2D eigenvalue weighted by Gasteiger charge is 2.45. The first-order chi connectivity index (χ1) is 7.40. The predicted molar refractivity (Wildman–Crippen MR) is 57.7 cm³/mol. The molecule has 0 spiro atoms. The number of hydrogen-bond acceptors (Lipinski definition) is 5. The summed E-state index contributed by atoms with van der Waals surface area (Å²) in [5.41, 5.74) is 0. The molecule has 94 valence electrons. The number of aliphatic hydroxyl groups excluding tert-OH is 3. The Kier molecular flexibility index (Phi) is 4.26. The van der Waals surface area contributed by atoms with Gasteiger partial charge in [-0.3, -0.25) is 9.69 Å². The number of carbonyl (C=O) groups excluding carboxylic acids is 1. The standard InChI is InChI=1S/C10H20N2O4/c1-6(14)11(2)4-7-9(15)10(16)8(5-13)12(7)3/h7-10,13,15-16H,4-5H2,1-3H3/t7-,8-,9-,10-/m1/s1. The van der Waals surface area contributed by atoms with Crippen molar-refractivity contribution in [3.05, 3.63) is 0 Å². The van der Waals surface area contributed by atoms with Gasteiger partial charge in [-0.2, -0.15) is 0 Å². The van der Waals surface area contributed by atoms with Crippen LogP contribution in [0.1, 0.15) is 6.92 Å². The van der Waals surface area contributed by atoms with Crippen LogP contribution in [0.15, 0.2) is 0 Å². The van der Waals surface area contributed by atoms with Crippen LogP contribution in [-0.4, -0.2) is 82.6 Å². The van der Waals surface area contributed by atoms with E-state index in [9.17, 15) is 15.0 Å². The summed E-state index contributed by atoms with van der Waals surface area (Å²) in [6.45, 7) is 1.57. The van der Waals surface area contributed by atoms with Gasteiger partial charge in [0.25, 0.3) is 0 Å². The Balaban J connectivity index is 2.70. The van der Waals surface area contributed by atoms with Gasteiger partial charge in [-0.15, -0.1) is 0 Å². The van der Waals surface area contributed by atoms with Gasteiger partial charge in [0.15, 0.2) is 0 Å². The minimum absolute atomic E-state index is 0.0949. The smallest absolute Gasteiger partial charge is 0.219 e. The van der Waals surface area contributed by atoms with Gasteiger partial charge in [0.1, 0.15) is 0 Å². The number of hydrogen-bond donors (Lipinski definition) is 3. The number of carbonyl (C=O) groups is 1. The fourth-order valence-electron chi connectivity index (χ4n) is 2.07. The maximum atomic E-state index is 11.1. The van der Waals surface area contributed by atoms with Crippen LogP contribution in [0, 0.1) is 0 Å². The number of amides is 1. The molecule has 0 saturated carbocycles. The molecule has 1 aliphatic rings. The average Bonchev–Trinajstić information content (AvgIpc) is 2.42. The lowest BCUT2D eigenvalue weighted by Gasteiger charge is -2.28. The minimum Gasteiger partial charge on any atom is -0.395 e. The Morgan fingerprint density at radius 1 is 1.31 bits per heavy atom. The van der Waals surface area contributed by atoms with Gasteiger partial charge in [0.2, 0.25) is 5.91 Å². The largest absolute Gasteiger partial charge is 0.395 e. The van der Waals surface area contributed by atoms with Crippen molar-refractivity contribution in [3.63, 3.8) is 0 Å². The van der Waals surface area contributed by atoms with Crippen LogP contribution < -0.4 is 0 Å². The molecule has 3 N–H and O–H groups in total. The second kappa shape index (κ2) is 5.09. The van der Waals surface area contributed by atoms with E-state index in [1.807, 2.05) is 0 Å². The highest BCUT2D eigenvalue weighted by Crippen LogP contribution is 2.23. The number of rotatable bonds is 3. The lowest BCUT2D eigenvalue weighted by molar-refractivity contribution is -0.128. The van der Waals surface area contributed by atoms with E-state index in [2.05, 4.69) is 0 Å². The van der Waals surface area contributed by atoms with Crippen LogP contribution in [-0.2, 0) is 4.79 Å². The normalized spacial score (nSPS) is 35.4. The molecule has 0 radical (unpaired) electrons. The van der Waals surface area contributed by atoms with E-state index < -0.39 is 18.2 Å². The predicted octanol–water partition coefficient (Wildman–Crippen LogP) is -2.14. The molecule has 1 amide bonds. The van der Waals surface area contributed by atoms with Gasteiger partial charge in [-0.05, 0) is 7.05 Å². The number of nitrogens with zero attached hydrogens (tertiary/aromatic N) is 2. The summed E-state index contributed by atoms with van der Waals surface area (Å²) in [5.74, 6) is -0.0949. The van der Waals surface area contributed by atoms with Gasteiger partial charge in [-0.1, -0.05) is 0 Å². The van der Waals surface area contributed by atoms with E-state index in [0.29, 0.717) is 6.54 Å². The molecule has 1 saturated heterocycles. The zero-order valence-corrected chi connectivity index (χ0v) is 9.87. The second-order valence-electron chi connectivity index (χ2n) is 4.36. The monoisotopic (exact) mass is 232 g/mol. The second-order valence-corrected chi connectivity index (χ2v) is 4.36. The molecule has 0 aliphatic carbocycles. The Morgan fingerprint density at radius 3 is 2.19 bits per heavy atom. The maximum Gasteiger partial charge on any atom is 0.219 e. The highest BCUT2D eigenvalue weighted by molar-refractivity contribution is 5.72. The Morgan fingerprint density at radius 2 is 1.81 bits per heavy atom. The quantitative estimate of drug-likeness (QED) is 0.517. The zero-order chi connectivity index (χ0) is 12.5. The van der Waals surface area contributed by atoms with Crippen LogP contribution in [0.4, 0.5) is 0 Å². The van der Waals surface area contributed by atoms with Crippen LogP contribution in [0.5, 0.6) is 0 Å². The summed E-state index contributed by atoms with van der Waals surface area (Å²) in [6.07, 6.45) is -1.91.